The first-order valence-electron chi connectivity index (χ1n) is 5.47. The maximum atomic E-state index is 11.1. The monoisotopic (exact) mass is 216 g/mol. The number of carbonyl (C=O) groups excluding carboxylic acids is 2. The Kier molecular flexibility index (Phi) is 9.07. The number of aldehydes is 1. The summed E-state index contributed by atoms with van der Waals surface area (Å²) in [5, 5.41) is 0. The number of carbonyl (C=O) groups is 2. The summed E-state index contributed by atoms with van der Waals surface area (Å²) in [5.41, 5.74) is 0. The Labute approximate surface area is 90.9 Å². The molecule has 0 bridgehead atoms. The van der Waals surface area contributed by atoms with Crippen molar-refractivity contribution in [3.8, 4) is 0 Å². The van der Waals surface area contributed by atoms with Crippen LogP contribution in [0.1, 0.15) is 39.5 Å². The molecule has 0 aromatic carbocycles. The summed E-state index contributed by atoms with van der Waals surface area (Å²) >= 11 is 0. The third kappa shape index (κ3) is 8.12. The molecule has 0 rings (SSSR count). The van der Waals surface area contributed by atoms with E-state index < -0.39 is 6.10 Å². The number of hydrogen-bond acceptors (Lipinski definition) is 4. The highest BCUT2D eigenvalue weighted by molar-refractivity contribution is 5.72. The zero-order valence-corrected chi connectivity index (χ0v) is 9.53. The van der Waals surface area contributed by atoms with E-state index in [0.717, 1.165) is 19.3 Å². The van der Waals surface area contributed by atoms with Gasteiger partial charge in [0.15, 0.2) is 12.4 Å². The van der Waals surface area contributed by atoms with E-state index in [1.54, 1.807) is 0 Å². The molecule has 1 unspecified atom stereocenters. The standard InChI is InChI=1S/C11H20O4/c1-3-5-7-14-9-10(8-12)15-11(13)6-4-2/h8,10H,3-7,9H2,1-2H3. The Bertz CT molecular complexity index is 179. The van der Waals surface area contributed by atoms with Crippen LogP contribution in [0.4, 0.5) is 0 Å². The van der Waals surface area contributed by atoms with Crippen LogP contribution >= 0.6 is 0 Å². The second kappa shape index (κ2) is 9.65. The van der Waals surface area contributed by atoms with Crippen LogP contribution in [0.3, 0.4) is 0 Å². The Morgan fingerprint density at radius 1 is 1.33 bits per heavy atom. The van der Waals surface area contributed by atoms with Gasteiger partial charge in [-0.2, -0.15) is 0 Å². The summed E-state index contributed by atoms with van der Waals surface area (Å²) in [5.74, 6) is -0.339. The molecule has 0 N–H and O–H groups in total. The van der Waals surface area contributed by atoms with Gasteiger partial charge < -0.3 is 9.47 Å². The smallest absolute Gasteiger partial charge is 0.306 e. The van der Waals surface area contributed by atoms with Crippen LogP contribution in [0.25, 0.3) is 0 Å². The lowest BCUT2D eigenvalue weighted by molar-refractivity contribution is -0.155. The fourth-order valence-electron chi connectivity index (χ4n) is 0.979. The van der Waals surface area contributed by atoms with Gasteiger partial charge in [-0.25, -0.2) is 0 Å². The van der Waals surface area contributed by atoms with Crippen molar-refractivity contribution < 1.29 is 19.1 Å². The highest BCUT2D eigenvalue weighted by Crippen LogP contribution is 1.98. The minimum absolute atomic E-state index is 0.166. The summed E-state index contributed by atoms with van der Waals surface area (Å²) in [6, 6.07) is 0. The highest BCUT2D eigenvalue weighted by Gasteiger charge is 2.12. The van der Waals surface area contributed by atoms with Crippen molar-refractivity contribution in [2.75, 3.05) is 13.2 Å². The predicted octanol–water partition coefficient (Wildman–Crippen LogP) is 1.71. The second-order valence-corrected chi connectivity index (χ2v) is 3.34. The van der Waals surface area contributed by atoms with Gasteiger partial charge in [0.2, 0.25) is 0 Å². The number of unbranched alkanes of at least 4 members (excludes halogenated alkanes) is 1. The molecular formula is C11H20O4. The second-order valence-electron chi connectivity index (χ2n) is 3.34. The predicted molar refractivity (Wildman–Crippen MR) is 56.6 cm³/mol. The molecule has 88 valence electrons. The minimum Gasteiger partial charge on any atom is -0.452 e. The van der Waals surface area contributed by atoms with E-state index in [9.17, 15) is 9.59 Å². The molecule has 4 heteroatoms. The van der Waals surface area contributed by atoms with Crippen molar-refractivity contribution in [1.29, 1.82) is 0 Å². The van der Waals surface area contributed by atoms with Crippen LogP contribution in [0.2, 0.25) is 0 Å². The summed E-state index contributed by atoms with van der Waals surface area (Å²) in [6.07, 6.45) is 2.93. The van der Waals surface area contributed by atoms with E-state index >= 15 is 0 Å². The van der Waals surface area contributed by atoms with Gasteiger partial charge in [-0.05, 0) is 12.8 Å². The van der Waals surface area contributed by atoms with Gasteiger partial charge in [0.25, 0.3) is 0 Å². The van der Waals surface area contributed by atoms with Crippen LogP contribution in [-0.4, -0.2) is 31.6 Å². The first-order valence-corrected chi connectivity index (χ1v) is 5.47. The summed E-state index contributed by atoms with van der Waals surface area (Å²) in [7, 11) is 0. The van der Waals surface area contributed by atoms with Crippen LogP contribution in [0.5, 0.6) is 0 Å². The average molecular weight is 216 g/mol. The molecule has 0 aromatic rings. The third-order valence-corrected chi connectivity index (χ3v) is 1.81. The molecule has 0 amide bonds. The Balaban J connectivity index is 3.63. The van der Waals surface area contributed by atoms with Crippen molar-refractivity contribution in [1.82, 2.24) is 0 Å². The molecule has 0 aliphatic heterocycles. The van der Waals surface area contributed by atoms with E-state index in [1.165, 1.54) is 0 Å². The van der Waals surface area contributed by atoms with Gasteiger partial charge in [0.05, 0.1) is 6.61 Å². The van der Waals surface area contributed by atoms with Crippen molar-refractivity contribution in [3.05, 3.63) is 0 Å². The third-order valence-electron chi connectivity index (χ3n) is 1.81. The molecule has 0 aromatic heterocycles. The quantitative estimate of drug-likeness (QED) is 0.334. The van der Waals surface area contributed by atoms with E-state index in [1.807, 2.05) is 6.92 Å². The molecule has 0 saturated carbocycles. The summed E-state index contributed by atoms with van der Waals surface area (Å²) in [4.78, 5) is 21.6. The molecule has 0 spiro atoms. The average Bonchev–Trinajstić information content (AvgIpc) is 2.23. The Hall–Kier alpha value is -0.900. The van der Waals surface area contributed by atoms with E-state index in [4.69, 9.17) is 9.47 Å². The minimum atomic E-state index is -0.749. The molecule has 15 heavy (non-hydrogen) atoms. The maximum absolute atomic E-state index is 11.1. The lowest BCUT2D eigenvalue weighted by atomic mass is 10.3. The molecule has 0 fully saturated rings. The van der Waals surface area contributed by atoms with Crippen molar-refractivity contribution >= 4 is 12.3 Å². The molecule has 0 radical (unpaired) electrons. The van der Waals surface area contributed by atoms with E-state index in [-0.39, 0.29) is 12.6 Å². The zero-order valence-electron chi connectivity index (χ0n) is 9.53. The van der Waals surface area contributed by atoms with Crippen LogP contribution < -0.4 is 0 Å². The number of hydrogen-bond donors (Lipinski definition) is 0. The van der Waals surface area contributed by atoms with E-state index in [2.05, 4.69) is 6.92 Å². The molecule has 0 heterocycles. The van der Waals surface area contributed by atoms with Gasteiger partial charge in [-0.3, -0.25) is 9.59 Å². The van der Waals surface area contributed by atoms with Gasteiger partial charge in [-0.1, -0.05) is 20.3 Å². The topological polar surface area (TPSA) is 52.6 Å². The van der Waals surface area contributed by atoms with Gasteiger partial charge in [-0.15, -0.1) is 0 Å². The normalized spacial score (nSPS) is 12.1. The number of rotatable bonds is 9. The fraction of sp³-hybridized carbons (Fsp3) is 0.818. The summed E-state index contributed by atoms with van der Waals surface area (Å²) < 4.78 is 10.1. The van der Waals surface area contributed by atoms with Crippen molar-refractivity contribution in [2.45, 2.75) is 45.6 Å². The van der Waals surface area contributed by atoms with Gasteiger partial charge >= 0.3 is 5.97 Å². The largest absolute Gasteiger partial charge is 0.452 e. The molecular weight excluding hydrogens is 196 g/mol. The fourth-order valence-corrected chi connectivity index (χ4v) is 0.979. The van der Waals surface area contributed by atoms with Crippen LogP contribution in [0, 0.1) is 0 Å². The lowest BCUT2D eigenvalue weighted by Gasteiger charge is -2.11. The molecule has 0 saturated heterocycles. The van der Waals surface area contributed by atoms with Crippen molar-refractivity contribution in [3.63, 3.8) is 0 Å². The molecule has 4 nitrogen and oxygen atoms in total. The number of esters is 1. The first-order chi connectivity index (χ1) is 7.24. The lowest BCUT2D eigenvalue weighted by Crippen LogP contribution is -2.25. The highest BCUT2D eigenvalue weighted by atomic mass is 16.6. The molecule has 0 aliphatic rings. The maximum Gasteiger partial charge on any atom is 0.306 e. The van der Waals surface area contributed by atoms with Crippen molar-refractivity contribution in [2.24, 2.45) is 0 Å². The Morgan fingerprint density at radius 2 is 2.07 bits per heavy atom. The Morgan fingerprint density at radius 3 is 2.60 bits per heavy atom. The molecule has 0 aliphatic carbocycles. The SMILES string of the molecule is CCCCOCC(C=O)OC(=O)CCC. The van der Waals surface area contributed by atoms with Gasteiger partial charge in [0, 0.05) is 13.0 Å². The van der Waals surface area contributed by atoms with Gasteiger partial charge in [0.1, 0.15) is 0 Å². The number of ether oxygens (including phenoxy) is 2. The summed E-state index contributed by atoms with van der Waals surface area (Å²) in [6.45, 7) is 4.71. The zero-order chi connectivity index (χ0) is 11.5. The molecule has 1 atom stereocenters. The van der Waals surface area contributed by atoms with Crippen LogP contribution in [-0.2, 0) is 19.1 Å². The van der Waals surface area contributed by atoms with E-state index in [0.29, 0.717) is 19.3 Å². The van der Waals surface area contributed by atoms with Crippen LogP contribution in [0.15, 0.2) is 0 Å². The first kappa shape index (κ1) is 14.1.